The van der Waals surface area contributed by atoms with Crippen LogP contribution in [0.2, 0.25) is 0 Å². The van der Waals surface area contributed by atoms with Crippen molar-refractivity contribution in [2.24, 2.45) is 11.8 Å². The fraction of sp³-hybridized carbons (Fsp3) is 1.00. The van der Waals surface area contributed by atoms with E-state index in [0.29, 0.717) is 12.2 Å². The molecule has 0 spiro atoms. The van der Waals surface area contributed by atoms with E-state index in [9.17, 15) is 0 Å². The molecule has 0 saturated carbocycles. The summed E-state index contributed by atoms with van der Waals surface area (Å²) in [5.74, 6) is 1.63. The first-order valence-corrected chi connectivity index (χ1v) is 5.23. The van der Waals surface area contributed by atoms with Crippen LogP contribution in [0.5, 0.6) is 0 Å². The topological polar surface area (TPSA) is 9.23 Å². The maximum absolute atomic E-state index is 5.87. The Kier molecular flexibility index (Phi) is 3.57. The molecule has 0 aliphatic carbocycles. The molecule has 0 amide bonds. The van der Waals surface area contributed by atoms with Crippen LogP contribution in [0.3, 0.4) is 0 Å². The molecular weight excluding hydrogens is 148 g/mol. The van der Waals surface area contributed by atoms with Gasteiger partial charge in [0.05, 0.1) is 12.2 Å². The Morgan fingerprint density at radius 2 is 1.92 bits per heavy atom. The van der Waals surface area contributed by atoms with Crippen LogP contribution >= 0.6 is 0 Å². The maximum Gasteiger partial charge on any atom is 0.0583 e. The van der Waals surface area contributed by atoms with E-state index in [1.165, 1.54) is 19.3 Å². The van der Waals surface area contributed by atoms with Crippen molar-refractivity contribution in [2.75, 3.05) is 0 Å². The van der Waals surface area contributed by atoms with Crippen LogP contribution in [-0.4, -0.2) is 12.2 Å². The summed E-state index contributed by atoms with van der Waals surface area (Å²) in [4.78, 5) is 0. The average Bonchev–Trinajstić information content (AvgIpc) is 1.81. The molecule has 0 radical (unpaired) electrons. The summed E-state index contributed by atoms with van der Waals surface area (Å²) in [5.41, 5.74) is 0. The third-order valence-electron chi connectivity index (χ3n) is 2.56. The van der Waals surface area contributed by atoms with Crippen molar-refractivity contribution in [1.82, 2.24) is 0 Å². The molecule has 1 aliphatic heterocycles. The van der Waals surface area contributed by atoms with Gasteiger partial charge in [0.1, 0.15) is 0 Å². The zero-order valence-electron chi connectivity index (χ0n) is 8.84. The van der Waals surface area contributed by atoms with Crippen molar-refractivity contribution < 1.29 is 4.74 Å². The van der Waals surface area contributed by atoms with Gasteiger partial charge in [-0.3, -0.25) is 0 Å². The quantitative estimate of drug-likeness (QED) is 0.618. The SMILES string of the molecule is CC(C)CC1CC(C)CC(C)O1. The maximum atomic E-state index is 5.87. The van der Waals surface area contributed by atoms with Gasteiger partial charge >= 0.3 is 0 Å². The number of rotatable bonds is 2. The van der Waals surface area contributed by atoms with Gasteiger partial charge < -0.3 is 4.74 Å². The van der Waals surface area contributed by atoms with Crippen LogP contribution in [0.1, 0.15) is 47.0 Å². The first kappa shape index (κ1) is 10.0. The monoisotopic (exact) mass is 170 g/mol. The lowest BCUT2D eigenvalue weighted by Gasteiger charge is -2.33. The van der Waals surface area contributed by atoms with Crippen molar-refractivity contribution >= 4 is 0 Å². The van der Waals surface area contributed by atoms with Crippen molar-refractivity contribution in [3.63, 3.8) is 0 Å². The summed E-state index contributed by atoms with van der Waals surface area (Å²) >= 11 is 0. The highest BCUT2D eigenvalue weighted by molar-refractivity contribution is 4.73. The first-order valence-electron chi connectivity index (χ1n) is 5.23. The highest BCUT2D eigenvalue weighted by atomic mass is 16.5. The molecule has 0 aromatic rings. The summed E-state index contributed by atoms with van der Waals surface area (Å²) in [5, 5.41) is 0. The third kappa shape index (κ3) is 3.14. The molecule has 1 saturated heterocycles. The molecule has 1 heterocycles. The van der Waals surface area contributed by atoms with Gasteiger partial charge in [0.25, 0.3) is 0 Å². The molecule has 1 heteroatoms. The standard InChI is InChI=1S/C11H22O/c1-8(2)5-11-7-9(3)6-10(4)12-11/h8-11H,5-7H2,1-4H3. The van der Waals surface area contributed by atoms with Crippen molar-refractivity contribution in [3.05, 3.63) is 0 Å². The van der Waals surface area contributed by atoms with E-state index in [2.05, 4.69) is 27.7 Å². The van der Waals surface area contributed by atoms with E-state index in [-0.39, 0.29) is 0 Å². The van der Waals surface area contributed by atoms with Gasteiger partial charge in [-0.15, -0.1) is 0 Å². The van der Waals surface area contributed by atoms with Gasteiger partial charge in [-0.2, -0.15) is 0 Å². The van der Waals surface area contributed by atoms with Crippen LogP contribution < -0.4 is 0 Å². The highest BCUT2D eigenvalue weighted by Gasteiger charge is 2.24. The van der Waals surface area contributed by atoms with E-state index in [0.717, 1.165) is 11.8 Å². The lowest BCUT2D eigenvalue weighted by Crippen LogP contribution is -2.30. The minimum Gasteiger partial charge on any atom is -0.375 e. The molecular formula is C11H22O. The second kappa shape index (κ2) is 4.27. The Morgan fingerprint density at radius 3 is 2.42 bits per heavy atom. The third-order valence-corrected chi connectivity index (χ3v) is 2.56. The number of hydrogen-bond acceptors (Lipinski definition) is 1. The molecule has 0 bridgehead atoms. The molecule has 1 fully saturated rings. The Morgan fingerprint density at radius 1 is 1.25 bits per heavy atom. The van der Waals surface area contributed by atoms with Crippen LogP contribution in [0.15, 0.2) is 0 Å². The van der Waals surface area contributed by atoms with Crippen molar-refractivity contribution in [3.8, 4) is 0 Å². The van der Waals surface area contributed by atoms with Gasteiger partial charge in [0, 0.05) is 0 Å². The molecule has 1 rings (SSSR count). The lowest BCUT2D eigenvalue weighted by molar-refractivity contribution is -0.0663. The molecule has 12 heavy (non-hydrogen) atoms. The molecule has 1 nitrogen and oxygen atoms in total. The van der Waals surface area contributed by atoms with Crippen LogP contribution in [-0.2, 0) is 4.74 Å². The largest absolute Gasteiger partial charge is 0.375 e. The fourth-order valence-corrected chi connectivity index (χ4v) is 2.23. The molecule has 0 aromatic heterocycles. The summed E-state index contributed by atoms with van der Waals surface area (Å²) in [7, 11) is 0. The summed E-state index contributed by atoms with van der Waals surface area (Å²) in [6.07, 6.45) is 4.76. The molecule has 3 atom stereocenters. The normalized spacial score (nSPS) is 37.2. The summed E-state index contributed by atoms with van der Waals surface area (Å²) in [6.45, 7) is 9.08. The van der Waals surface area contributed by atoms with E-state index in [1.54, 1.807) is 0 Å². The fourth-order valence-electron chi connectivity index (χ4n) is 2.23. The lowest BCUT2D eigenvalue weighted by atomic mass is 9.90. The van der Waals surface area contributed by atoms with Gasteiger partial charge in [-0.1, -0.05) is 20.8 Å². The van der Waals surface area contributed by atoms with E-state index >= 15 is 0 Å². The van der Waals surface area contributed by atoms with Crippen LogP contribution in [0, 0.1) is 11.8 Å². The number of hydrogen-bond donors (Lipinski definition) is 0. The van der Waals surface area contributed by atoms with E-state index in [1.807, 2.05) is 0 Å². The van der Waals surface area contributed by atoms with Crippen molar-refractivity contribution in [2.45, 2.75) is 59.2 Å². The molecule has 0 aromatic carbocycles. The average molecular weight is 170 g/mol. The predicted octanol–water partition coefficient (Wildman–Crippen LogP) is 3.24. The molecule has 1 aliphatic rings. The zero-order valence-corrected chi connectivity index (χ0v) is 8.84. The van der Waals surface area contributed by atoms with Crippen LogP contribution in [0.4, 0.5) is 0 Å². The first-order chi connectivity index (χ1) is 5.58. The second-order valence-corrected chi connectivity index (χ2v) is 4.77. The van der Waals surface area contributed by atoms with E-state index < -0.39 is 0 Å². The smallest absolute Gasteiger partial charge is 0.0583 e. The molecule has 72 valence electrons. The Bertz CT molecular complexity index is 118. The van der Waals surface area contributed by atoms with Crippen molar-refractivity contribution in [1.29, 1.82) is 0 Å². The second-order valence-electron chi connectivity index (χ2n) is 4.77. The number of ether oxygens (including phenoxy) is 1. The van der Waals surface area contributed by atoms with Gasteiger partial charge in [0.15, 0.2) is 0 Å². The highest BCUT2D eigenvalue weighted by Crippen LogP contribution is 2.27. The van der Waals surface area contributed by atoms with Gasteiger partial charge in [-0.05, 0) is 38.0 Å². The zero-order chi connectivity index (χ0) is 9.14. The Labute approximate surface area is 76.5 Å². The predicted molar refractivity (Wildman–Crippen MR) is 52.2 cm³/mol. The minimum absolute atomic E-state index is 0.484. The molecule has 3 unspecified atom stereocenters. The Balaban J connectivity index is 2.34. The van der Waals surface area contributed by atoms with Gasteiger partial charge in [-0.25, -0.2) is 0 Å². The van der Waals surface area contributed by atoms with Gasteiger partial charge in [0.2, 0.25) is 0 Å². The summed E-state index contributed by atoms with van der Waals surface area (Å²) in [6, 6.07) is 0. The van der Waals surface area contributed by atoms with Crippen LogP contribution in [0.25, 0.3) is 0 Å². The Hall–Kier alpha value is -0.0400. The minimum atomic E-state index is 0.484. The summed E-state index contributed by atoms with van der Waals surface area (Å²) < 4.78 is 5.87. The van der Waals surface area contributed by atoms with E-state index in [4.69, 9.17) is 4.74 Å². The molecule has 0 N–H and O–H groups in total.